The van der Waals surface area contributed by atoms with Gasteiger partial charge in [-0.25, -0.2) is 9.97 Å². The number of amides is 1. The SMILES string of the molecule is Cc1ccc(C)c2sc(N(Cc3ccccc3)C(=O)c3nccn3C)nc12. The summed E-state index contributed by atoms with van der Waals surface area (Å²) in [5.74, 6) is 0.249. The molecule has 136 valence electrons. The zero-order valence-corrected chi connectivity index (χ0v) is 16.3. The number of benzene rings is 2. The largest absolute Gasteiger partial charge is 0.330 e. The first-order valence-electron chi connectivity index (χ1n) is 8.74. The molecular weight excluding hydrogens is 356 g/mol. The van der Waals surface area contributed by atoms with Crippen molar-refractivity contribution in [3.63, 3.8) is 0 Å². The van der Waals surface area contributed by atoms with E-state index in [2.05, 4.69) is 24.0 Å². The Morgan fingerprint density at radius 2 is 1.85 bits per heavy atom. The van der Waals surface area contributed by atoms with Crippen molar-refractivity contribution in [2.75, 3.05) is 4.90 Å². The molecule has 2 aromatic carbocycles. The van der Waals surface area contributed by atoms with Crippen LogP contribution in [0, 0.1) is 13.8 Å². The maximum atomic E-state index is 13.3. The first-order chi connectivity index (χ1) is 13.0. The molecule has 0 aliphatic heterocycles. The van der Waals surface area contributed by atoms with Crippen LogP contribution >= 0.6 is 11.3 Å². The summed E-state index contributed by atoms with van der Waals surface area (Å²) in [5.41, 5.74) is 4.29. The summed E-state index contributed by atoms with van der Waals surface area (Å²) in [4.78, 5) is 24.1. The van der Waals surface area contributed by atoms with E-state index in [9.17, 15) is 4.79 Å². The minimum absolute atomic E-state index is 0.152. The lowest BCUT2D eigenvalue weighted by atomic mass is 10.1. The molecule has 0 saturated carbocycles. The molecule has 0 radical (unpaired) electrons. The predicted molar refractivity (Wildman–Crippen MR) is 109 cm³/mol. The van der Waals surface area contributed by atoms with Crippen molar-refractivity contribution in [1.82, 2.24) is 14.5 Å². The van der Waals surface area contributed by atoms with Crippen molar-refractivity contribution in [3.8, 4) is 0 Å². The summed E-state index contributed by atoms with van der Waals surface area (Å²) in [6.07, 6.45) is 3.42. The van der Waals surface area contributed by atoms with Crippen molar-refractivity contribution >= 4 is 32.6 Å². The van der Waals surface area contributed by atoms with E-state index in [0.29, 0.717) is 17.5 Å². The topological polar surface area (TPSA) is 51.0 Å². The Bertz CT molecular complexity index is 1070. The molecule has 0 N–H and O–H groups in total. The third-order valence-electron chi connectivity index (χ3n) is 4.60. The minimum Gasteiger partial charge on any atom is -0.330 e. The molecule has 1 amide bonds. The molecule has 0 bridgehead atoms. The van der Waals surface area contributed by atoms with Crippen molar-refractivity contribution in [3.05, 3.63) is 77.4 Å². The van der Waals surface area contributed by atoms with Gasteiger partial charge in [-0.1, -0.05) is 53.8 Å². The normalized spacial score (nSPS) is 11.1. The molecule has 0 spiro atoms. The van der Waals surface area contributed by atoms with Gasteiger partial charge >= 0.3 is 0 Å². The van der Waals surface area contributed by atoms with Gasteiger partial charge in [0.05, 0.1) is 16.8 Å². The molecule has 0 aliphatic rings. The number of carbonyl (C=O) groups is 1. The zero-order valence-electron chi connectivity index (χ0n) is 15.5. The van der Waals surface area contributed by atoms with Crippen LogP contribution in [-0.2, 0) is 13.6 Å². The molecule has 0 unspecified atom stereocenters. The fourth-order valence-corrected chi connectivity index (χ4v) is 4.16. The summed E-state index contributed by atoms with van der Waals surface area (Å²) < 4.78 is 2.86. The lowest BCUT2D eigenvalue weighted by molar-refractivity contribution is 0.0972. The summed E-state index contributed by atoms with van der Waals surface area (Å²) >= 11 is 1.55. The van der Waals surface area contributed by atoms with E-state index in [-0.39, 0.29) is 5.91 Å². The fraction of sp³-hybridized carbons (Fsp3) is 0.190. The maximum absolute atomic E-state index is 13.3. The van der Waals surface area contributed by atoms with Gasteiger partial charge in [0.2, 0.25) is 0 Å². The van der Waals surface area contributed by atoms with E-state index in [1.807, 2.05) is 44.3 Å². The molecule has 4 rings (SSSR count). The van der Waals surface area contributed by atoms with Crippen LogP contribution in [0.1, 0.15) is 27.3 Å². The molecule has 2 heterocycles. The lowest BCUT2D eigenvalue weighted by Crippen LogP contribution is -2.32. The molecule has 0 fully saturated rings. The van der Waals surface area contributed by atoms with Crippen LogP contribution in [0.5, 0.6) is 0 Å². The van der Waals surface area contributed by atoms with Crippen LogP contribution in [-0.4, -0.2) is 20.4 Å². The van der Waals surface area contributed by atoms with Gasteiger partial charge < -0.3 is 4.57 Å². The van der Waals surface area contributed by atoms with Crippen LogP contribution in [0.25, 0.3) is 10.2 Å². The highest BCUT2D eigenvalue weighted by molar-refractivity contribution is 7.22. The lowest BCUT2D eigenvalue weighted by Gasteiger charge is -2.19. The third-order valence-corrected chi connectivity index (χ3v) is 5.82. The summed E-state index contributed by atoms with van der Waals surface area (Å²) in [6, 6.07) is 14.1. The first kappa shape index (κ1) is 17.4. The average Bonchev–Trinajstić information content (AvgIpc) is 3.30. The molecule has 2 aromatic heterocycles. The Balaban J connectivity index is 1.82. The number of nitrogens with zero attached hydrogens (tertiary/aromatic N) is 4. The highest BCUT2D eigenvalue weighted by atomic mass is 32.1. The van der Waals surface area contributed by atoms with Crippen molar-refractivity contribution < 1.29 is 4.79 Å². The van der Waals surface area contributed by atoms with Gasteiger partial charge in [-0.2, -0.15) is 0 Å². The molecule has 4 aromatic rings. The van der Waals surface area contributed by atoms with Gasteiger partial charge in [-0.15, -0.1) is 0 Å². The van der Waals surface area contributed by atoms with Crippen LogP contribution in [0.15, 0.2) is 54.9 Å². The highest BCUT2D eigenvalue weighted by Crippen LogP contribution is 2.34. The Hall–Kier alpha value is -2.99. The summed E-state index contributed by atoms with van der Waals surface area (Å²) in [7, 11) is 1.83. The van der Waals surface area contributed by atoms with E-state index < -0.39 is 0 Å². The zero-order chi connectivity index (χ0) is 19.0. The predicted octanol–water partition coefficient (Wildman–Crippen LogP) is 4.49. The smallest absolute Gasteiger partial charge is 0.296 e. The molecule has 5 nitrogen and oxygen atoms in total. The minimum atomic E-state index is -0.152. The number of carbonyl (C=O) groups excluding carboxylic acids is 1. The van der Waals surface area contributed by atoms with E-state index in [4.69, 9.17) is 4.98 Å². The number of imidazole rings is 1. The number of anilines is 1. The van der Waals surface area contributed by atoms with Gasteiger partial charge in [0, 0.05) is 19.4 Å². The molecule has 0 saturated heterocycles. The summed E-state index contributed by atoms with van der Waals surface area (Å²) in [6.45, 7) is 4.57. The van der Waals surface area contributed by atoms with Gasteiger partial charge in [0.25, 0.3) is 5.91 Å². The van der Waals surface area contributed by atoms with Gasteiger partial charge in [-0.05, 0) is 30.5 Å². The molecular formula is C21H20N4OS. The average molecular weight is 376 g/mol. The Morgan fingerprint density at radius 3 is 2.52 bits per heavy atom. The number of hydrogen-bond donors (Lipinski definition) is 0. The van der Waals surface area contributed by atoms with Gasteiger partial charge in [0.15, 0.2) is 11.0 Å². The van der Waals surface area contributed by atoms with Gasteiger partial charge in [-0.3, -0.25) is 9.69 Å². The van der Waals surface area contributed by atoms with Gasteiger partial charge in [0.1, 0.15) is 0 Å². The van der Waals surface area contributed by atoms with Crippen molar-refractivity contribution in [1.29, 1.82) is 0 Å². The molecule has 0 aliphatic carbocycles. The Labute approximate surface area is 161 Å². The maximum Gasteiger partial charge on any atom is 0.296 e. The quantitative estimate of drug-likeness (QED) is 0.527. The molecule has 0 atom stereocenters. The number of rotatable bonds is 4. The Kier molecular flexibility index (Phi) is 4.49. The fourth-order valence-electron chi connectivity index (χ4n) is 3.05. The second kappa shape index (κ2) is 6.96. The summed E-state index contributed by atoms with van der Waals surface area (Å²) in [5, 5.41) is 0.694. The number of aryl methyl sites for hydroxylation is 3. The van der Waals surface area contributed by atoms with E-state index in [0.717, 1.165) is 21.3 Å². The number of aromatic nitrogens is 3. The van der Waals surface area contributed by atoms with E-state index in [1.54, 1.807) is 33.2 Å². The Morgan fingerprint density at radius 1 is 1.11 bits per heavy atom. The highest BCUT2D eigenvalue weighted by Gasteiger charge is 2.25. The molecule has 27 heavy (non-hydrogen) atoms. The van der Waals surface area contributed by atoms with Crippen LogP contribution in [0.4, 0.5) is 5.13 Å². The van der Waals surface area contributed by atoms with Crippen LogP contribution < -0.4 is 4.90 Å². The van der Waals surface area contributed by atoms with Crippen LogP contribution in [0.2, 0.25) is 0 Å². The number of thiazole rings is 1. The van der Waals surface area contributed by atoms with E-state index in [1.165, 1.54) is 5.56 Å². The van der Waals surface area contributed by atoms with E-state index >= 15 is 0 Å². The third kappa shape index (κ3) is 3.24. The van der Waals surface area contributed by atoms with Crippen molar-refractivity contribution in [2.24, 2.45) is 7.05 Å². The first-order valence-corrected chi connectivity index (χ1v) is 9.56. The standard InChI is InChI=1S/C21H20N4OS/c1-14-9-10-15(2)18-17(14)23-21(27-18)25(13-16-7-5-4-6-8-16)20(26)19-22-11-12-24(19)3/h4-12H,13H2,1-3H3. The van der Waals surface area contributed by atoms with Crippen LogP contribution in [0.3, 0.4) is 0 Å². The second-order valence-corrected chi connectivity index (χ2v) is 7.59. The van der Waals surface area contributed by atoms with Crippen molar-refractivity contribution in [2.45, 2.75) is 20.4 Å². The number of hydrogen-bond acceptors (Lipinski definition) is 4. The monoisotopic (exact) mass is 376 g/mol. The second-order valence-electron chi connectivity index (χ2n) is 6.61. The molecule has 6 heteroatoms. The number of fused-ring (bicyclic) bond motifs is 1.